The number of imide groups is 2. The average Bonchev–Trinajstić information content (AvgIpc) is 3.36. The molecule has 4 amide bonds. The number of carbonyl (C=O) groups excluding carboxylic acids is 6. The maximum Gasteiger partial charge on any atom is 0.266 e. The molecule has 9 aromatic rings. The molecule has 0 saturated heterocycles. The van der Waals surface area contributed by atoms with Crippen LogP contribution in [0.4, 0.5) is 11.4 Å². The lowest BCUT2D eigenvalue weighted by Crippen LogP contribution is -2.42. The number of hydrogen-bond acceptors (Lipinski definition) is 8. The van der Waals surface area contributed by atoms with Gasteiger partial charge in [0, 0.05) is 56.5 Å². The number of pyridine rings is 2. The lowest BCUT2D eigenvalue weighted by atomic mass is 9.81. The van der Waals surface area contributed by atoms with E-state index in [0.717, 1.165) is 76.8 Å². The highest BCUT2D eigenvalue weighted by atomic mass is 16.2. The minimum atomic E-state index is -0.413. The van der Waals surface area contributed by atoms with Gasteiger partial charge in [0.25, 0.3) is 23.6 Å². The molecule has 11 rings (SSSR count). The minimum absolute atomic E-state index is 0.0661. The van der Waals surface area contributed by atoms with Gasteiger partial charge in [-0.2, -0.15) is 0 Å². The highest BCUT2D eigenvalue weighted by molar-refractivity contribution is 6.45. The second-order valence-corrected chi connectivity index (χ2v) is 19.8. The summed E-state index contributed by atoms with van der Waals surface area (Å²) in [6.07, 6.45) is 4.75. The van der Waals surface area contributed by atoms with Gasteiger partial charge in [0.05, 0.1) is 11.4 Å². The van der Waals surface area contributed by atoms with E-state index in [-0.39, 0.29) is 23.7 Å². The van der Waals surface area contributed by atoms with Crippen LogP contribution in [0, 0.1) is 0 Å². The van der Waals surface area contributed by atoms with Crippen molar-refractivity contribution in [3.8, 4) is 22.3 Å². The van der Waals surface area contributed by atoms with Crippen LogP contribution in [0.1, 0.15) is 164 Å². The van der Waals surface area contributed by atoms with Crippen molar-refractivity contribution in [2.24, 2.45) is 0 Å². The van der Waals surface area contributed by atoms with E-state index in [1.165, 1.54) is 9.80 Å². The Morgan fingerprint density at radius 1 is 0.371 bits per heavy atom. The minimum Gasteiger partial charge on any atom is -0.296 e. The van der Waals surface area contributed by atoms with Crippen molar-refractivity contribution in [1.29, 1.82) is 0 Å². The average molecular weight is 921 g/mol. The molecular formula is C60H48N4O6. The standard InChI is InChI=1S/C60H48N4O6/c1-29(2)47-21-35(33-9-11-37(27-65)61-25-33)22-48(30(3)4)55(47)63-57(67)43-17-13-39-41-15-19-45-54-46(20-16-42(52(41)54)40-14-18-44(58(63)68)53(43)51(39)40)60(70)64(59(45)69)56-49(31(5)6)23-36(24-50(56)32(7)8)34-10-12-38(28-66)62-26-34/h9-32H,1-8H3. The summed E-state index contributed by atoms with van der Waals surface area (Å²) in [4.78, 5) is 94.6. The number of anilines is 2. The molecule has 7 aromatic carbocycles. The van der Waals surface area contributed by atoms with Crippen molar-refractivity contribution in [3.63, 3.8) is 0 Å². The molecule has 0 bridgehead atoms. The predicted molar refractivity (Wildman–Crippen MR) is 276 cm³/mol. The van der Waals surface area contributed by atoms with E-state index >= 15 is 19.2 Å². The third-order valence-corrected chi connectivity index (χ3v) is 14.4. The van der Waals surface area contributed by atoms with Crippen LogP contribution in [-0.4, -0.2) is 46.2 Å². The highest BCUT2D eigenvalue weighted by Crippen LogP contribution is 2.50. The summed E-state index contributed by atoms with van der Waals surface area (Å²) in [5, 5.41) is 5.94. The van der Waals surface area contributed by atoms with Crippen molar-refractivity contribution < 1.29 is 28.8 Å². The van der Waals surface area contributed by atoms with Gasteiger partial charge in [-0.3, -0.25) is 38.7 Å². The first-order chi connectivity index (χ1) is 33.6. The maximum absolute atomic E-state index is 15.1. The van der Waals surface area contributed by atoms with Crippen molar-refractivity contribution in [1.82, 2.24) is 9.97 Å². The van der Waals surface area contributed by atoms with Gasteiger partial charge in [0.1, 0.15) is 11.4 Å². The van der Waals surface area contributed by atoms with Gasteiger partial charge >= 0.3 is 0 Å². The summed E-state index contributed by atoms with van der Waals surface area (Å²) in [6, 6.07) is 30.1. The number of nitrogens with zero attached hydrogens (tertiary/aromatic N) is 4. The fourth-order valence-corrected chi connectivity index (χ4v) is 10.9. The molecule has 0 N–H and O–H groups in total. The molecule has 0 spiro atoms. The van der Waals surface area contributed by atoms with Crippen LogP contribution in [-0.2, 0) is 0 Å². The first kappa shape index (κ1) is 44.3. The van der Waals surface area contributed by atoms with E-state index in [9.17, 15) is 9.59 Å². The van der Waals surface area contributed by atoms with Gasteiger partial charge in [-0.05, 0) is 150 Å². The molecule has 0 atom stereocenters. The Labute approximate surface area is 404 Å². The molecule has 4 heterocycles. The highest BCUT2D eigenvalue weighted by Gasteiger charge is 2.41. The third kappa shape index (κ3) is 6.39. The largest absolute Gasteiger partial charge is 0.296 e. The summed E-state index contributed by atoms with van der Waals surface area (Å²) in [6.45, 7) is 16.4. The second-order valence-electron chi connectivity index (χ2n) is 19.8. The smallest absolute Gasteiger partial charge is 0.266 e. The van der Waals surface area contributed by atoms with Gasteiger partial charge < -0.3 is 0 Å². The van der Waals surface area contributed by atoms with Gasteiger partial charge in [0.2, 0.25) is 0 Å². The first-order valence-electron chi connectivity index (χ1n) is 23.8. The Hall–Kier alpha value is -8.24. The molecule has 10 nitrogen and oxygen atoms in total. The van der Waals surface area contributed by atoms with Crippen LogP contribution >= 0.6 is 0 Å². The fraction of sp³-hybridized carbons (Fsp3) is 0.200. The van der Waals surface area contributed by atoms with Crippen LogP contribution in [0.15, 0.2) is 109 Å². The Kier molecular flexibility index (Phi) is 10.2. The van der Waals surface area contributed by atoms with Crippen molar-refractivity contribution >= 4 is 90.7 Å². The van der Waals surface area contributed by atoms with Gasteiger partial charge in [-0.25, -0.2) is 9.80 Å². The van der Waals surface area contributed by atoms with Crippen LogP contribution in [0.2, 0.25) is 0 Å². The Morgan fingerprint density at radius 2 is 0.657 bits per heavy atom. The normalized spacial score (nSPS) is 13.8. The molecule has 0 aliphatic carbocycles. The van der Waals surface area contributed by atoms with E-state index in [1.807, 2.05) is 116 Å². The van der Waals surface area contributed by atoms with Crippen molar-refractivity contribution in [2.45, 2.75) is 79.1 Å². The molecule has 0 radical (unpaired) electrons. The van der Waals surface area contributed by atoms with Crippen LogP contribution < -0.4 is 9.80 Å². The number of fused-ring (bicyclic) bond motifs is 2. The van der Waals surface area contributed by atoms with E-state index in [1.54, 1.807) is 48.8 Å². The monoisotopic (exact) mass is 920 g/mol. The number of benzene rings is 7. The zero-order valence-corrected chi connectivity index (χ0v) is 40.1. The lowest BCUT2D eigenvalue weighted by Gasteiger charge is -2.34. The number of aromatic nitrogens is 2. The number of rotatable bonds is 10. The van der Waals surface area contributed by atoms with Crippen molar-refractivity contribution in [3.05, 3.63) is 165 Å². The van der Waals surface area contributed by atoms with Crippen molar-refractivity contribution in [2.75, 3.05) is 9.80 Å². The summed E-state index contributed by atoms with van der Waals surface area (Å²) in [7, 11) is 0. The lowest BCUT2D eigenvalue weighted by molar-refractivity contribution is 0.0877. The van der Waals surface area contributed by atoms with Crippen LogP contribution in [0.3, 0.4) is 0 Å². The summed E-state index contributed by atoms with van der Waals surface area (Å²) in [5.41, 5.74) is 10.2. The Balaban J connectivity index is 1.06. The van der Waals surface area contributed by atoms with Gasteiger partial charge in [-0.1, -0.05) is 91.8 Å². The molecule has 0 unspecified atom stereocenters. The number of carbonyl (C=O) groups is 6. The molecule has 70 heavy (non-hydrogen) atoms. The Morgan fingerprint density at radius 3 is 0.886 bits per heavy atom. The maximum atomic E-state index is 15.1. The molecule has 2 aromatic heterocycles. The van der Waals surface area contributed by atoms with E-state index in [0.29, 0.717) is 68.4 Å². The topological polar surface area (TPSA) is 135 Å². The zero-order valence-electron chi connectivity index (χ0n) is 40.1. The van der Waals surface area contributed by atoms with Crippen LogP contribution in [0.5, 0.6) is 0 Å². The summed E-state index contributed by atoms with van der Waals surface area (Å²) < 4.78 is 0. The van der Waals surface area contributed by atoms with E-state index < -0.39 is 23.6 Å². The molecular weight excluding hydrogens is 873 g/mol. The van der Waals surface area contributed by atoms with Crippen LogP contribution in [0.25, 0.3) is 65.3 Å². The van der Waals surface area contributed by atoms with Gasteiger partial charge in [-0.15, -0.1) is 0 Å². The third-order valence-electron chi connectivity index (χ3n) is 14.4. The van der Waals surface area contributed by atoms with Gasteiger partial charge in [0.15, 0.2) is 12.6 Å². The fourth-order valence-electron chi connectivity index (χ4n) is 10.9. The number of aldehydes is 2. The molecule has 0 fully saturated rings. The predicted octanol–water partition coefficient (Wildman–Crippen LogP) is 13.6. The molecule has 10 heteroatoms. The molecule has 0 saturated carbocycles. The number of hydrogen-bond donors (Lipinski definition) is 0. The molecule has 344 valence electrons. The molecule has 2 aliphatic rings. The quantitative estimate of drug-likeness (QED) is 0.0573. The summed E-state index contributed by atoms with van der Waals surface area (Å²) in [5.74, 6) is -1.92. The number of amides is 4. The molecule has 2 aliphatic heterocycles. The SMILES string of the molecule is CC(C)c1cc(-c2ccc(C=O)nc2)cc(C(C)C)c1N1C(=O)c2ccc3c4ccc5c6c(ccc(c7ccc(c2c37)C1=O)c64)C(=O)N(c1c(C(C)C)cc(-c2ccc(C=O)nc2)cc1C(C)C)C5=O. The second kappa shape index (κ2) is 16.2. The zero-order chi connectivity index (χ0) is 49.2. The Bertz CT molecular complexity index is 3370. The first-order valence-corrected chi connectivity index (χ1v) is 23.8. The van der Waals surface area contributed by atoms with E-state index in [2.05, 4.69) is 9.97 Å². The van der Waals surface area contributed by atoms with E-state index in [4.69, 9.17) is 0 Å². The summed E-state index contributed by atoms with van der Waals surface area (Å²) >= 11 is 0.